The van der Waals surface area contributed by atoms with Crippen molar-refractivity contribution in [2.45, 2.75) is 6.54 Å². The van der Waals surface area contributed by atoms with Gasteiger partial charge in [0.25, 0.3) is 0 Å². The van der Waals surface area contributed by atoms with E-state index in [-0.39, 0.29) is 6.03 Å². The van der Waals surface area contributed by atoms with E-state index in [1.54, 1.807) is 10.7 Å². The van der Waals surface area contributed by atoms with E-state index in [1.807, 2.05) is 60.7 Å². The molecule has 0 atom stereocenters. The number of halogens is 1. The SMILES string of the molecule is [B]c1cnn2c(NCCNC(=O)NCc3ccccc3)cc(-c3ccccc3Cl)nc12. The Morgan fingerprint density at radius 2 is 1.81 bits per heavy atom. The smallest absolute Gasteiger partial charge is 0.315 e. The van der Waals surface area contributed by atoms with Crippen molar-refractivity contribution in [2.75, 3.05) is 18.4 Å². The minimum atomic E-state index is -0.231. The Balaban J connectivity index is 1.40. The van der Waals surface area contributed by atoms with E-state index in [2.05, 4.69) is 26.0 Å². The van der Waals surface area contributed by atoms with Gasteiger partial charge < -0.3 is 16.0 Å². The van der Waals surface area contributed by atoms with Gasteiger partial charge in [0.2, 0.25) is 0 Å². The minimum absolute atomic E-state index is 0.231. The number of benzene rings is 2. The lowest BCUT2D eigenvalue weighted by Gasteiger charge is -2.12. The van der Waals surface area contributed by atoms with Crippen LogP contribution in [0.5, 0.6) is 0 Å². The Morgan fingerprint density at radius 1 is 1.03 bits per heavy atom. The Bertz CT molecular complexity index is 1200. The molecule has 0 bridgehead atoms. The van der Waals surface area contributed by atoms with E-state index in [0.29, 0.717) is 47.3 Å². The first-order valence-electron chi connectivity index (χ1n) is 9.80. The summed E-state index contributed by atoms with van der Waals surface area (Å²) in [4.78, 5) is 16.6. The molecule has 2 heterocycles. The van der Waals surface area contributed by atoms with Gasteiger partial charge in [-0.05, 0) is 17.1 Å². The van der Waals surface area contributed by atoms with E-state index in [4.69, 9.17) is 19.4 Å². The summed E-state index contributed by atoms with van der Waals surface area (Å²) >= 11 is 6.34. The molecule has 4 rings (SSSR count). The monoisotopic (exact) mass is 430 g/mol. The van der Waals surface area contributed by atoms with Gasteiger partial charge in [-0.25, -0.2) is 9.78 Å². The van der Waals surface area contributed by atoms with Crippen LogP contribution in [0, 0.1) is 0 Å². The van der Waals surface area contributed by atoms with Crippen LogP contribution in [0.15, 0.2) is 66.9 Å². The first kappa shape index (κ1) is 20.7. The van der Waals surface area contributed by atoms with E-state index < -0.39 is 0 Å². The number of hydrogen-bond donors (Lipinski definition) is 3. The maximum Gasteiger partial charge on any atom is 0.315 e. The first-order valence-corrected chi connectivity index (χ1v) is 10.2. The van der Waals surface area contributed by atoms with Crippen LogP contribution in [0.2, 0.25) is 5.02 Å². The third-order valence-corrected chi connectivity index (χ3v) is 4.99. The van der Waals surface area contributed by atoms with Crippen LogP contribution in [0.4, 0.5) is 10.6 Å². The van der Waals surface area contributed by atoms with Crippen molar-refractivity contribution in [3.8, 4) is 11.3 Å². The molecule has 0 aliphatic rings. The lowest BCUT2D eigenvalue weighted by Crippen LogP contribution is -2.37. The Labute approximate surface area is 186 Å². The molecule has 9 heteroatoms. The van der Waals surface area contributed by atoms with Gasteiger partial charge in [0.15, 0.2) is 5.65 Å². The predicted molar refractivity (Wildman–Crippen MR) is 124 cm³/mol. The number of anilines is 1. The highest BCUT2D eigenvalue weighted by atomic mass is 35.5. The normalized spacial score (nSPS) is 10.7. The molecular formula is C22H20BClN6O. The van der Waals surface area contributed by atoms with Crippen molar-refractivity contribution in [1.29, 1.82) is 0 Å². The lowest BCUT2D eigenvalue weighted by atomic mass is 10.0. The molecule has 0 fully saturated rings. The van der Waals surface area contributed by atoms with Crippen LogP contribution in [0.25, 0.3) is 16.9 Å². The number of fused-ring (bicyclic) bond motifs is 1. The molecule has 0 spiro atoms. The maximum absolute atomic E-state index is 12.0. The summed E-state index contributed by atoms with van der Waals surface area (Å²) in [5.74, 6) is 0.697. The zero-order chi connectivity index (χ0) is 21.6. The molecule has 0 unspecified atom stereocenters. The van der Waals surface area contributed by atoms with Crippen molar-refractivity contribution in [3.05, 3.63) is 77.4 Å². The van der Waals surface area contributed by atoms with Gasteiger partial charge in [-0.15, -0.1) is 0 Å². The fourth-order valence-electron chi connectivity index (χ4n) is 3.12. The van der Waals surface area contributed by atoms with Crippen molar-refractivity contribution < 1.29 is 4.79 Å². The van der Waals surface area contributed by atoms with E-state index >= 15 is 0 Å². The van der Waals surface area contributed by atoms with Gasteiger partial charge in [0.05, 0.1) is 5.69 Å². The molecule has 0 saturated heterocycles. The van der Waals surface area contributed by atoms with Gasteiger partial charge in [-0.3, -0.25) is 0 Å². The third kappa shape index (κ3) is 4.98. The summed E-state index contributed by atoms with van der Waals surface area (Å²) in [6.45, 7) is 1.38. The zero-order valence-corrected chi connectivity index (χ0v) is 17.4. The van der Waals surface area contributed by atoms with Crippen LogP contribution in [0.1, 0.15) is 5.56 Å². The number of nitrogens with zero attached hydrogens (tertiary/aromatic N) is 3. The van der Waals surface area contributed by atoms with Crippen molar-refractivity contribution in [2.24, 2.45) is 0 Å². The number of urea groups is 1. The summed E-state index contributed by atoms with van der Waals surface area (Å²) in [7, 11) is 6.03. The Kier molecular flexibility index (Phi) is 6.38. The Hall–Kier alpha value is -3.52. The van der Waals surface area contributed by atoms with Crippen LogP contribution in [-0.2, 0) is 6.54 Å². The molecule has 2 radical (unpaired) electrons. The predicted octanol–water partition coefficient (Wildman–Crippen LogP) is 2.75. The van der Waals surface area contributed by atoms with E-state index in [9.17, 15) is 4.79 Å². The fourth-order valence-corrected chi connectivity index (χ4v) is 3.35. The van der Waals surface area contributed by atoms with Crippen molar-refractivity contribution in [1.82, 2.24) is 25.2 Å². The molecule has 31 heavy (non-hydrogen) atoms. The van der Waals surface area contributed by atoms with E-state index in [0.717, 1.165) is 11.1 Å². The van der Waals surface area contributed by atoms with Crippen LogP contribution >= 0.6 is 11.6 Å². The summed E-state index contributed by atoms with van der Waals surface area (Å²) in [5.41, 5.74) is 3.53. The molecule has 0 aliphatic carbocycles. The number of nitrogens with one attached hydrogen (secondary N) is 3. The third-order valence-electron chi connectivity index (χ3n) is 4.66. The number of amides is 2. The van der Waals surface area contributed by atoms with Crippen LogP contribution in [0.3, 0.4) is 0 Å². The van der Waals surface area contributed by atoms with Crippen molar-refractivity contribution in [3.63, 3.8) is 0 Å². The molecule has 3 N–H and O–H groups in total. The number of carbonyl (C=O) groups is 1. The molecule has 7 nitrogen and oxygen atoms in total. The quantitative estimate of drug-likeness (QED) is 0.311. The number of hydrogen-bond acceptors (Lipinski definition) is 4. The molecule has 2 amide bonds. The average Bonchev–Trinajstić information content (AvgIpc) is 3.17. The molecule has 2 aromatic heterocycles. The fraction of sp³-hybridized carbons (Fsp3) is 0.136. The second-order valence-electron chi connectivity index (χ2n) is 6.86. The number of carbonyl (C=O) groups excluding carboxylic acids is 1. The molecule has 154 valence electrons. The van der Waals surface area contributed by atoms with Gasteiger partial charge in [-0.2, -0.15) is 9.61 Å². The molecule has 2 aromatic carbocycles. The average molecular weight is 431 g/mol. The van der Waals surface area contributed by atoms with Crippen molar-refractivity contribution >= 4 is 42.4 Å². The molecule has 0 saturated carbocycles. The van der Waals surface area contributed by atoms with E-state index in [1.165, 1.54) is 0 Å². The summed E-state index contributed by atoms with van der Waals surface area (Å²) in [6, 6.07) is 18.8. The zero-order valence-electron chi connectivity index (χ0n) is 16.7. The largest absolute Gasteiger partial charge is 0.368 e. The first-order chi connectivity index (χ1) is 15.1. The highest BCUT2D eigenvalue weighted by Gasteiger charge is 2.12. The number of aromatic nitrogens is 3. The maximum atomic E-state index is 12.0. The molecule has 0 aliphatic heterocycles. The van der Waals surface area contributed by atoms with Gasteiger partial charge in [0, 0.05) is 42.5 Å². The van der Waals surface area contributed by atoms with Crippen LogP contribution in [-0.4, -0.2) is 41.6 Å². The summed E-state index contributed by atoms with van der Waals surface area (Å²) < 4.78 is 1.63. The molecule has 4 aromatic rings. The standard InChI is InChI=1S/C22H20BClN6O/c23-17-14-28-30-20(12-19(29-21(17)30)16-8-4-5-9-18(16)24)25-10-11-26-22(31)27-13-15-6-2-1-3-7-15/h1-9,12,14,25H,10-11,13H2,(H2,26,27,31). The highest BCUT2D eigenvalue weighted by Crippen LogP contribution is 2.28. The van der Waals surface area contributed by atoms with Gasteiger partial charge in [-0.1, -0.05) is 60.1 Å². The lowest BCUT2D eigenvalue weighted by molar-refractivity contribution is 0.241. The number of rotatable bonds is 7. The highest BCUT2D eigenvalue weighted by molar-refractivity contribution is 6.36. The minimum Gasteiger partial charge on any atom is -0.368 e. The van der Waals surface area contributed by atoms with Gasteiger partial charge >= 0.3 is 6.03 Å². The Morgan fingerprint density at radius 3 is 2.61 bits per heavy atom. The second kappa shape index (κ2) is 9.53. The van der Waals surface area contributed by atoms with Gasteiger partial charge in [0.1, 0.15) is 13.7 Å². The van der Waals surface area contributed by atoms with Crippen LogP contribution < -0.4 is 21.4 Å². The summed E-state index contributed by atoms with van der Waals surface area (Å²) in [5, 5.41) is 13.8. The topological polar surface area (TPSA) is 83.3 Å². The second-order valence-corrected chi connectivity index (χ2v) is 7.27. The summed E-state index contributed by atoms with van der Waals surface area (Å²) in [6.07, 6.45) is 1.55. The molecular weight excluding hydrogens is 411 g/mol.